The molecular formula is C48H78N8O. The SMILES string of the molecule is C1CCC2CC3C4NC(NC5C6CC7CCCCC7CC6C6NC7NC(NC8C9CC%10CCCCC%10CC9C(N4)N8ON56)C4CC5CCCCC5CC74)C3CC2C1. The molecule has 14 rings (SSSR count). The van der Waals surface area contributed by atoms with E-state index < -0.39 is 0 Å². The smallest absolute Gasteiger partial charge is 0.0925 e. The number of hydrogen-bond acceptors (Lipinski definition) is 9. The molecule has 6 bridgehead atoms. The van der Waals surface area contributed by atoms with E-state index in [-0.39, 0.29) is 24.7 Å². The van der Waals surface area contributed by atoms with Crippen LogP contribution < -0.4 is 31.9 Å². The second-order valence-electron chi connectivity index (χ2n) is 23.9. The minimum absolute atomic E-state index is 0.252. The van der Waals surface area contributed by atoms with Gasteiger partial charge in [0.15, 0.2) is 0 Å². The van der Waals surface area contributed by atoms with E-state index in [1.807, 2.05) is 0 Å². The second kappa shape index (κ2) is 14.1. The molecule has 6 saturated heterocycles. The molecular weight excluding hydrogens is 705 g/mol. The Bertz CT molecular complexity index is 1300. The number of nitrogens with zero attached hydrogens (tertiary/aromatic N) is 2. The minimum atomic E-state index is 0.252. The van der Waals surface area contributed by atoms with E-state index in [0.717, 1.165) is 47.3 Å². The Morgan fingerprint density at radius 2 is 0.474 bits per heavy atom. The topological polar surface area (TPSA) is 87.9 Å². The van der Waals surface area contributed by atoms with E-state index in [4.69, 9.17) is 4.94 Å². The van der Waals surface area contributed by atoms with Crippen molar-refractivity contribution >= 4 is 0 Å². The fourth-order valence-electron chi connectivity index (χ4n) is 19.3. The maximum absolute atomic E-state index is 7.97. The highest BCUT2D eigenvalue weighted by molar-refractivity contribution is 5.12. The summed E-state index contributed by atoms with van der Waals surface area (Å²) in [4.78, 5) is 7.97. The Hall–Kier alpha value is -0.360. The molecule has 0 radical (unpaired) electrons. The predicted molar refractivity (Wildman–Crippen MR) is 221 cm³/mol. The Morgan fingerprint density at radius 1 is 0.263 bits per heavy atom. The van der Waals surface area contributed by atoms with Crippen LogP contribution in [-0.4, -0.2) is 59.5 Å². The van der Waals surface area contributed by atoms with Gasteiger partial charge in [0.1, 0.15) is 0 Å². The van der Waals surface area contributed by atoms with Gasteiger partial charge in [-0.15, -0.1) is 10.1 Å². The summed E-state index contributed by atoms with van der Waals surface area (Å²) in [5.74, 6) is 12.8. The normalized spacial score (nSPS) is 60.4. The Kier molecular flexibility index (Phi) is 8.93. The standard InChI is InChI=1S/C48H78N8O/c1-2-10-26-18-34-33(17-25(26)9-1)41-49-42(34)52-46-39-23-31-15-7-8-16-32(31)24-40(39)48-54-44-36-20-28-12-4-3-11-27(28)19-35(36)43(50-44)53-47-38-22-30-14-6-5-13-29(30)21-37(38)45(51-41)55(47)57-56(46)48/h25-54H,1-24H2. The van der Waals surface area contributed by atoms with Gasteiger partial charge >= 0.3 is 0 Å². The molecule has 6 N–H and O–H groups in total. The average Bonchev–Trinajstić information content (AvgIpc) is 3.93. The van der Waals surface area contributed by atoms with Crippen molar-refractivity contribution in [3.05, 3.63) is 0 Å². The number of hydrogen-bond donors (Lipinski definition) is 6. The molecule has 57 heavy (non-hydrogen) atoms. The zero-order valence-electron chi connectivity index (χ0n) is 35.1. The molecule has 9 heteroatoms. The zero-order valence-corrected chi connectivity index (χ0v) is 35.1. The van der Waals surface area contributed by atoms with Crippen LogP contribution >= 0.6 is 0 Å². The van der Waals surface area contributed by atoms with Gasteiger partial charge in [-0.1, -0.05) is 103 Å². The first-order chi connectivity index (χ1) is 28.2. The Balaban J connectivity index is 0.893. The van der Waals surface area contributed by atoms with Crippen molar-refractivity contribution in [2.75, 3.05) is 0 Å². The van der Waals surface area contributed by atoms with Crippen molar-refractivity contribution < 1.29 is 4.94 Å². The van der Waals surface area contributed by atoms with Crippen LogP contribution in [0.15, 0.2) is 0 Å². The van der Waals surface area contributed by atoms with E-state index in [2.05, 4.69) is 42.0 Å². The lowest BCUT2D eigenvalue weighted by Crippen LogP contribution is -2.68. The van der Waals surface area contributed by atoms with Crippen molar-refractivity contribution in [3.63, 3.8) is 0 Å². The molecule has 14 fully saturated rings. The van der Waals surface area contributed by atoms with Gasteiger partial charge in [-0.05, 0) is 146 Å². The minimum Gasteiger partial charge on any atom is -0.286 e. The Labute approximate surface area is 344 Å². The number of fused-ring (bicyclic) bond motifs is 20. The monoisotopic (exact) mass is 783 g/mol. The van der Waals surface area contributed by atoms with E-state index in [1.54, 1.807) is 0 Å². The van der Waals surface area contributed by atoms with E-state index in [9.17, 15) is 0 Å². The summed E-state index contributed by atoms with van der Waals surface area (Å²) in [6.45, 7) is 0. The molecule has 6 aliphatic heterocycles. The van der Waals surface area contributed by atoms with Gasteiger partial charge < -0.3 is 0 Å². The van der Waals surface area contributed by atoms with Gasteiger partial charge in [0.05, 0.1) is 49.3 Å². The number of hydroxylamine groups is 4. The molecule has 0 spiro atoms. The molecule has 14 aliphatic rings. The quantitative estimate of drug-likeness (QED) is 0.156. The largest absolute Gasteiger partial charge is 0.286 e. The summed E-state index contributed by atoms with van der Waals surface area (Å²) in [5, 5.41) is 32.5. The fraction of sp³-hybridized carbons (Fsp3) is 1.00. The summed E-state index contributed by atoms with van der Waals surface area (Å²) in [6.07, 6.45) is 37.2. The molecule has 24 unspecified atom stereocenters. The van der Waals surface area contributed by atoms with E-state index in [1.165, 1.54) is 154 Å². The van der Waals surface area contributed by atoms with Gasteiger partial charge in [0.2, 0.25) is 0 Å². The van der Waals surface area contributed by atoms with Crippen LogP contribution in [0.25, 0.3) is 0 Å². The Morgan fingerprint density at radius 3 is 0.702 bits per heavy atom. The van der Waals surface area contributed by atoms with Gasteiger partial charge in [-0.2, -0.15) is 0 Å². The van der Waals surface area contributed by atoms with Crippen molar-refractivity contribution in [2.24, 2.45) is 94.7 Å². The highest BCUT2D eigenvalue weighted by Crippen LogP contribution is 2.58. The zero-order chi connectivity index (χ0) is 36.9. The maximum atomic E-state index is 7.97. The lowest BCUT2D eigenvalue weighted by atomic mass is 9.62. The first-order valence-corrected chi connectivity index (χ1v) is 26.0. The molecule has 9 nitrogen and oxygen atoms in total. The van der Waals surface area contributed by atoms with Crippen LogP contribution in [0.2, 0.25) is 0 Å². The first kappa shape index (κ1) is 36.2. The molecule has 6 heterocycles. The average molecular weight is 783 g/mol. The van der Waals surface area contributed by atoms with Crippen LogP contribution in [0.4, 0.5) is 0 Å². The molecule has 0 aromatic rings. The number of nitrogens with one attached hydrogen (secondary N) is 6. The summed E-state index contributed by atoms with van der Waals surface area (Å²) in [7, 11) is 0. The molecule has 0 aromatic carbocycles. The van der Waals surface area contributed by atoms with Gasteiger partial charge in [-0.3, -0.25) is 31.9 Å². The summed E-state index contributed by atoms with van der Waals surface area (Å²) in [6, 6.07) is 0. The molecule has 0 amide bonds. The van der Waals surface area contributed by atoms with E-state index in [0.29, 0.717) is 72.0 Å². The van der Waals surface area contributed by atoms with Crippen LogP contribution in [0.3, 0.4) is 0 Å². The lowest BCUT2D eigenvalue weighted by Gasteiger charge is -2.45. The van der Waals surface area contributed by atoms with Crippen LogP contribution in [-0.2, 0) is 4.94 Å². The van der Waals surface area contributed by atoms with Crippen molar-refractivity contribution in [2.45, 2.75) is 203 Å². The van der Waals surface area contributed by atoms with Crippen molar-refractivity contribution in [1.29, 1.82) is 0 Å². The third-order valence-electron chi connectivity index (χ3n) is 21.8. The molecule has 0 aromatic heterocycles. The van der Waals surface area contributed by atoms with Gasteiger partial charge in [0.25, 0.3) is 0 Å². The summed E-state index contributed by atoms with van der Waals surface area (Å²) >= 11 is 0. The predicted octanol–water partition coefficient (Wildman–Crippen LogP) is 7.00. The molecule has 24 atom stereocenters. The van der Waals surface area contributed by atoms with Crippen molar-refractivity contribution in [3.8, 4) is 0 Å². The molecule has 316 valence electrons. The highest BCUT2D eigenvalue weighted by atomic mass is 16.8. The lowest BCUT2D eigenvalue weighted by molar-refractivity contribution is -0.380. The molecule has 8 saturated carbocycles. The van der Waals surface area contributed by atoms with Crippen molar-refractivity contribution in [1.82, 2.24) is 42.0 Å². The maximum Gasteiger partial charge on any atom is 0.0925 e. The van der Waals surface area contributed by atoms with E-state index >= 15 is 0 Å². The summed E-state index contributed by atoms with van der Waals surface area (Å²) < 4.78 is 0. The third-order valence-corrected chi connectivity index (χ3v) is 21.8. The van der Waals surface area contributed by atoms with Crippen LogP contribution in [0, 0.1) is 94.7 Å². The fourth-order valence-corrected chi connectivity index (χ4v) is 19.3. The van der Waals surface area contributed by atoms with Crippen LogP contribution in [0.1, 0.15) is 154 Å². The summed E-state index contributed by atoms with van der Waals surface area (Å²) in [5.41, 5.74) is 0. The first-order valence-electron chi connectivity index (χ1n) is 26.0. The van der Waals surface area contributed by atoms with Gasteiger partial charge in [-0.25, -0.2) is 4.94 Å². The van der Waals surface area contributed by atoms with Crippen LogP contribution in [0.5, 0.6) is 0 Å². The number of rotatable bonds is 0. The third kappa shape index (κ3) is 5.70. The second-order valence-corrected chi connectivity index (χ2v) is 23.9. The van der Waals surface area contributed by atoms with Gasteiger partial charge in [0, 0.05) is 0 Å². The molecule has 8 aliphatic carbocycles. The highest BCUT2D eigenvalue weighted by Gasteiger charge is 2.64.